The maximum atomic E-state index is 4.90. The topological polar surface area (TPSA) is 12.9 Å². The second-order valence-electron chi connectivity index (χ2n) is 5.72. The number of rotatable bonds is 5. The van der Waals surface area contributed by atoms with Crippen molar-refractivity contribution in [2.24, 2.45) is 0 Å². The fraction of sp³-hybridized carbons (Fsp3) is 0.0417. The molecule has 0 aliphatic carbocycles. The number of hydrogen-bond donors (Lipinski definition) is 0. The van der Waals surface area contributed by atoms with Crippen LogP contribution in [0.25, 0.3) is 28.0 Å². The van der Waals surface area contributed by atoms with E-state index in [0.717, 1.165) is 28.1 Å². The third-order valence-electron chi connectivity index (χ3n) is 3.94. The van der Waals surface area contributed by atoms with Crippen molar-refractivity contribution in [2.75, 3.05) is 0 Å². The minimum Gasteiger partial charge on any atom is -0.248 e. The lowest BCUT2D eigenvalue weighted by atomic mass is 10.00. The first-order chi connectivity index (χ1) is 12.3. The Morgan fingerprint density at radius 1 is 0.840 bits per heavy atom. The van der Waals surface area contributed by atoms with Crippen LogP contribution in [-0.4, -0.2) is 4.98 Å². The molecule has 0 fully saturated rings. The Morgan fingerprint density at radius 2 is 1.48 bits per heavy atom. The van der Waals surface area contributed by atoms with E-state index in [2.05, 4.69) is 61.2 Å². The second-order valence-corrected chi connectivity index (χ2v) is 5.72. The van der Waals surface area contributed by atoms with E-state index in [1.165, 1.54) is 5.56 Å². The lowest BCUT2D eigenvalue weighted by molar-refractivity contribution is 1.28. The number of nitrogens with zero attached hydrogens (tertiary/aromatic N) is 1. The van der Waals surface area contributed by atoms with Crippen LogP contribution in [0.3, 0.4) is 0 Å². The molecule has 0 saturated heterocycles. The van der Waals surface area contributed by atoms with E-state index in [9.17, 15) is 0 Å². The maximum absolute atomic E-state index is 4.90. The molecule has 0 aliphatic heterocycles. The largest absolute Gasteiger partial charge is 0.248 e. The molecular weight excluding hydrogens is 302 g/mol. The van der Waals surface area contributed by atoms with E-state index in [1.54, 1.807) is 6.08 Å². The molecule has 0 spiro atoms. The smallest absolute Gasteiger partial charge is 0.0715 e. The van der Waals surface area contributed by atoms with Gasteiger partial charge in [-0.3, -0.25) is 0 Å². The van der Waals surface area contributed by atoms with Crippen LogP contribution in [-0.2, 0) is 0 Å². The second kappa shape index (κ2) is 8.07. The zero-order chi connectivity index (χ0) is 17.5. The van der Waals surface area contributed by atoms with Gasteiger partial charge in [0.25, 0.3) is 0 Å². The van der Waals surface area contributed by atoms with E-state index in [1.807, 2.05) is 43.3 Å². The van der Waals surface area contributed by atoms with Crippen LogP contribution < -0.4 is 0 Å². The van der Waals surface area contributed by atoms with Gasteiger partial charge in [-0.1, -0.05) is 91.5 Å². The van der Waals surface area contributed by atoms with Gasteiger partial charge in [0, 0.05) is 5.56 Å². The SMILES string of the molecule is C=C/C=C(\C=C/C)c1cc(-c2ccccc2)cc(-c2ccccc2)n1. The molecule has 0 bridgehead atoms. The summed E-state index contributed by atoms with van der Waals surface area (Å²) >= 11 is 0. The minimum absolute atomic E-state index is 0.943. The molecule has 1 heteroatoms. The molecular formula is C24H21N. The molecule has 0 atom stereocenters. The van der Waals surface area contributed by atoms with Gasteiger partial charge in [-0.05, 0) is 35.8 Å². The highest BCUT2D eigenvalue weighted by atomic mass is 14.7. The average Bonchev–Trinajstić information content (AvgIpc) is 2.69. The van der Waals surface area contributed by atoms with Crippen molar-refractivity contribution in [1.29, 1.82) is 0 Å². The van der Waals surface area contributed by atoms with Gasteiger partial charge in [-0.25, -0.2) is 4.98 Å². The first kappa shape index (κ1) is 16.7. The molecule has 1 nitrogen and oxygen atoms in total. The third-order valence-corrected chi connectivity index (χ3v) is 3.94. The van der Waals surface area contributed by atoms with Gasteiger partial charge in [0.15, 0.2) is 0 Å². The zero-order valence-corrected chi connectivity index (χ0v) is 14.4. The monoisotopic (exact) mass is 323 g/mol. The highest BCUT2D eigenvalue weighted by Gasteiger charge is 2.08. The van der Waals surface area contributed by atoms with E-state index in [-0.39, 0.29) is 0 Å². The van der Waals surface area contributed by atoms with Gasteiger partial charge >= 0.3 is 0 Å². The van der Waals surface area contributed by atoms with Crippen LogP contribution in [0.4, 0.5) is 0 Å². The molecule has 0 amide bonds. The van der Waals surface area contributed by atoms with Gasteiger partial charge in [0.1, 0.15) is 0 Å². The normalized spacial score (nSPS) is 11.6. The van der Waals surface area contributed by atoms with Gasteiger partial charge in [-0.2, -0.15) is 0 Å². The molecule has 2 aromatic carbocycles. The first-order valence-corrected chi connectivity index (χ1v) is 8.40. The Kier molecular flexibility index (Phi) is 5.38. The highest BCUT2D eigenvalue weighted by molar-refractivity contribution is 5.79. The van der Waals surface area contributed by atoms with Crippen molar-refractivity contribution in [3.63, 3.8) is 0 Å². The van der Waals surface area contributed by atoms with Crippen molar-refractivity contribution >= 4 is 5.57 Å². The standard InChI is InChI=1S/C24H21N/c1-3-11-20(12-4-2)23-17-22(19-13-7-5-8-14-19)18-24(25-23)21-15-9-6-10-16-21/h3-18H,1H2,2H3/b12-4-,20-11+. The van der Waals surface area contributed by atoms with Gasteiger partial charge < -0.3 is 0 Å². The predicted molar refractivity (Wildman–Crippen MR) is 108 cm³/mol. The lowest BCUT2D eigenvalue weighted by Crippen LogP contribution is -1.93. The Hall–Kier alpha value is -3.19. The van der Waals surface area contributed by atoms with Gasteiger partial charge in [0.2, 0.25) is 0 Å². The van der Waals surface area contributed by atoms with Crippen LogP contribution in [0, 0.1) is 0 Å². The average molecular weight is 323 g/mol. The Balaban J connectivity index is 2.21. The Bertz CT molecular complexity index is 846. The van der Waals surface area contributed by atoms with E-state index >= 15 is 0 Å². The molecule has 3 rings (SSSR count). The summed E-state index contributed by atoms with van der Waals surface area (Å²) in [5.41, 5.74) is 6.41. The van der Waals surface area contributed by atoms with E-state index < -0.39 is 0 Å². The highest BCUT2D eigenvalue weighted by Crippen LogP contribution is 2.28. The molecule has 1 heterocycles. The molecule has 3 aromatic rings. The van der Waals surface area contributed by atoms with Crippen LogP contribution in [0.1, 0.15) is 12.6 Å². The van der Waals surface area contributed by atoms with Gasteiger partial charge in [-0.15, -0.1) is 0 Å². The number of aromatic nitrogens is 1. The van der Waals surface area contributed by atoms with Crippen molar-refractivity contribution in [3.8, 4) is 22.4 Å². The molecule has 1 aromatic heterocycles. The first-order valence-electron chi connectivity index (χ1n) is 8.40. The Labute approximate surface area is 149 Å². The fourth-order valence-corrected chi connectivity index (χ4v) is 2.77. The third kappa shape index (κ3) is 4.02. The summed E-state index contributed by atoms with van der Waals surface area (Å²) in [6.45, 7) is 5.84. The van der Waals surface area contributed by atoms with Crippen LogP contribution >= 0.6 is 0 Å². The van der Waals surface area contributed by atoms with Crippen molar-refractivity contribution < 1.29 is 0 Å². The van der Waals surface area contributed by atoms with E-state index in [0.29, 0.717) is 0 Å². The van der Waals surface area contributed by atoms with Crippen molar-refractivity contribution in [2.45, 2.75) is 6.92 Å². The summed E-state index contributed by atoms with van der Waals surface area (Å²) in [6.07, 6.45) is 7.88. The van der Waals surface area contributed by atoms with Crippen LogP contribution in [0.15, 0.2) is 104 Å². The zero-order valence-electron chi connectivity index (χ0n) is 14.4. The maximum Gasteiger partial charge on any atom is 0.0715 e. The summed E-state index contributed by atoms with van der Waals surface area (Å²) in [4.78, 5) is 4.90. The number of allylic oxidation sites excluding steroid dienone is 5. The molecule has 0 aliphatic rings. The fourth-order valence-electron chi connectivity index (χ4n) is 2.77. The molecule has 0 N–H and O–H groups in total. The Morgan fingerprint density at radius 3 is 2.08 bits per heavy atom. The quantitative estimate of drug-likeness (QED) is 0.484. The number of benzene rings is 2. The van der Waals surface area contributed by atoms with Crippen molar-refractivity contribution in [3.05, 3.63) is 109 Å². The van der Waals surface area contributed by atoms with Crippen LogP contribution in [0.5, 0.6) is 0 Å². The summed E-state index contributed by atoms with van der Waals surface area (Å²) in [7, 11) is 0. The molecule has 25 heavy (non-hydrogen) atoms. The van der Waals surface area contributed by atoms with Gasteiger partial charge in [0.05, 0.1) is 11.4 Å². The molecule has 0 unspecified atom stereocenters. The summed E-state index contributed by atoms with van der Waals surface area (Å²) in [5, 5.41) is 0. The number of pyridine rings is 1. The van der Waals surface area contributed by atoms with Crippen LogP contribution in [0.2, 0.25) is 0 Å². The minimum atomic E-state index is 0.943. The van der Waals surface area contributed by atoms with Crippen molar-refractivity contribution in [1.82, 2.24) is 4.98 Å². The molecule has 0 radical (unpaired) electrons. The summed E-state index contributed by atoms with van der Waals surface area (Å²) in [5.74, 6) is 0. The number of hydrogen-bond acceptors (Lipinski definition) is 1. The van der Waals surface area contributed by atoms with E-state index in [4.69, 9.17) is 4.98 Å². The molecule has 122 valence electrons. The predicted octanol–water partition coefficient (Wildman–Crippen LogP) is 6.56. The summed E-state index contributed by atoms with van der Waals surface area (Å²) in [6, 6.07) is 25.0. The lowest BCUT2D eigenvalue weighted by Gasteiger charge is -2.10. The molecule has 0 saturated carbocycles. The summed E-state index contributed by atoms with van der Waals surface area (Å²) < 4.78 is 0.